The molecule has 8 rings (SSSR count). The van der Waals surface area contributed by atoms with Gasteiger partial charge in [-0.3, -0.25) is 4.57 Å². The standard InChI is InChI=1S/C46H40N4O.Pt/c1-45(2,3)33-23-24-47-44(28-33)50-42-27-32(38-17-10-11-18-41(38)46(4,5)6)19-21-39(42)40-22-20-37(30-43(40)50)51-36-16-12-15-35(29-36)49-26-25-48(31-49)34-13-8-7-9-14-34;/h7-28H,1-6H3;/q-2;. The molecular formula is C46H40N4OPt-2. The number of aromatic nitrogens is 4. The molecule has 0 atom stereocenters. The molecule has 3 aromatic heterocycles. The second-order valence-corrected chi connectivity index (χ2v) is 15.1. The van der Waals surface area contributed by atoms with Gasteiger partial charge in [-0.25, -0.2) is 4.98 Å². The van der Waals surface area contributed by atoms with Gasteiger partial charge >= 0.3 is 0 Å². The maximum atomic E-state index is 6.47. The van der Waals surface area contributed by atoms with Gasteiger partial charge in [0.25, 0.3) is 6.33 Å². The summed E-state index contributed by atoms with van der Waals surface area (Å²) in [6.07, 6.45) is 9.23. The number of ether oxygens (including phenoxy) is 1. The van der Waals surface area contributed by atoms with Crippen LogP contribution in [-0.4, -0.2) is 14.1 Å². The maximum Gasteiger partial charge on any atom is 0.267 e. The van der Waals surface area contributed by atoms with E-state index in [2.05, 4.69) is 137 Å². The Morgan fingerprint density at radius 1 is 0.692 bits per heavy atom. The van der Waals surface area contributed by atoms with Gasteiger partial charge in [0.15, 0.2) is 0 Å². The van der Waals surface area contributed by atoms with Gasteiger partial charge in [-0.2, -0.15) is 18.2 Å². The average molecular weight is 860 g/mol. The van der Waals surface area contributed by atoms with E-state index in [1.165, 1.54) is 22.3 Å². The van der Waals surface area contributed by atoms with E-state index in [0.29, 0.717) is 11.5 Å². The van der Waals surface area contributed by atoms with Crippen molar-refractivity contribution in [3.05, 3.63) is 163 Å². The molecular weight excluding hydrogens is 820 g/mol. The molecule has 0 fully saturated rings. The van der Waals surface area contributed by atoms with Crippen LogP contribution in [0.3, 0.4) is 0 Å². The van der Waals surface area contributed by atoms with Gasteiger partial charge < -0.3 is 13.9 Å². The summed E-state index contributed by atoms with van der Waals surface area (Å²) >= 11 is 0. The van der Waals surface area contributed by atoms with Crippen LogP contribution in [0.2, 0.25) is 0 Å². The summed E-state index contributed by atoms with van der Waals surface area (Å²) in [6, 6.07) is 47.0. The van der Waals surface area contributed by atoms with Crippen molar-refractivity contribution in [1.82, 2.24) is 14.1 Å². The van der Waals surface area contributed by atoms with E-state index in [-0.39, 0.29) is 31.9 Å². The van der Waals surface area contributed by atoms with Crippen LogP contribution in [-0.2, 0) is 31.9 Å². The molecule has 0 spiro atoms. The molecule has 5 aromatic carbocycles. The van der Waals surface area contributed by atoms with Crippen LogP contribution < -0.4 is 9.30 Å². The van der Waals surface area contributed by atoms with Crippen molar-refractivity contribution in [2.45, 2.75) is 52.4 Å². The molecule has 0 aliphatic carbocycles. The zero-order chi connectivity index (χ0) is 35.3. The fraction of sp³-hybridized carbons (Fsp3) is 0.174. The summed E-state index contributed by atoms with van der Waals surface area (Å²) in [4.78, 5) is 4.93. The fourth-order valence-corrected chi connectivity index (χ4v) is 6.72. The minimum Gasteiger partial charge on any atom is -0.510 e. The molecule has 0 saturated heterocycles. The van der Waals surface area contributed by atoms with E-state index in [1.807, 2.05) is 70.2 Å². The van der Waals surface area contributed by atoms with Gasteiger partial charge in [0.2, 0.25) is 0 Å². The predicted octanol–water partition coefficient (Wildman–Crippen LogP) is 10.7. The van der Waals surface area contributed by atoms with Crippen LogP contribution in [0.1, 0.15) is 52.7 Å². The average Bonchev–Trinajstić information content (AvgIpc) is 3.75. The maximum absolute atomic E-state index is 6.47. The van der Waals surface area contributed by atoms with Crippen LogP contribution >= 0.6 is 0 Å². The number of benzene rings is 5. The van der Waals surface area contributed by atoms with Crippen molar-refractivity contribution in [3.63, 3.8) is 0 Å². The van der Waals surface area contributed by atoms with Crippen LogP contribution in [0.4, 0.5) is 0 Å². The number of pyridine rings is 1. The Labute approximate surface area is 320 Å². The van der Waals surface area contributed by atoms with E-state index >= 15 is 0 Å². The number of hydrogen-bond acceptors (Lipinski definition) is 2. The molecule has 5 nitrogen and oxygen atoms in total. The second-order valence-electron chi connectivity index (χ2n) is 15.1. The Morgan fingerprint density at radius 3 is 2.23 bits per heavy atom. The van der Waals surface area contributed by atoms with Crippen LogP contribution in [0.5, 0.6) is 11.5 Å². The molecule has 0 aliphatic rings. The van der Waals surface area contributed by atoms with Crippen molar-refractivity contribution in [2.75, 3.05) is 0 Å². The van der Waals surface area contributed by atoms with Gasteiger partial charge in [-0.1, -0.05) is 102 Å². The molecule has 0 radical (unpaired) electrons. The largest absolute Gasteiger partial charge is 0.510 e. The third-order valence-electron chi connectivity index (χ3n) is 9.38. The Hall–Kier alpha value is -5.25. The molecule has 0 saturated carbocycles. The van der Waals surface area contributed by atoms with Gasteiger partial charge in [0.1, 0.15) is 5.82 Å². The van der Waals surface area contributed by atoms with E-state index in [1.54, 1.807) is 0 Å². The molecule has 0 N–H and O–H groups in total. The monoisotopic (exact) mass is 859 g/mol. The summed E-state index contributed by atoms with van der Waals surface area (Å²) in [5.41, 5.74) is 8.72. The van der Waals surface area contributed by atoms with Crippen LogP contribution in [0, 0.1) is 18.5 Å². The Morgan fingerprint density at radius 2 is 1.44 bits per heavy atom. The van der Waals surface area contributed by atoms with E-state index in [9.17, 15) is 0 Å². The first kappa shape index (κ1) is 35.2. The first-order valence-corrected chi connectivity index (χ1v) is 17.4. The van der Waals surface area contributed by atoms with Crippen molar-refractivity contribution in [2.24, 2.45) is 0 Å². The van der Waals surface area contributed by atoms with Gasteiger partial charge in [0, 0.05) is 56.7 Å². The van der Waals surface area contributed by atoms with E-state index in [0.717, 1.165) is 39.0 Å². The third kappa shape index (κ3) is 6.74. The Bertz CT molecular complexity index is 2530. The number of para-hydroxylation sites is 1. The Balaban J connectivity index is 0.00000420. The number of fused-ring (bicyclic) bond motifs is 3. The van der Waals surface area contributed by atoms with Crippen molar-refractivity contribution >= 4 is 21.8 Å². The first-order chi connectivity index (χ1) is 24.5. The summed E-state index contributed by atoms with van der Waals surface area (Å²) in [7, 11) is 0. The van der Waals surface area contributed by atoms with Crippen LogP contribution in [0.15, 0.2) is 134 Å². The summed E-state index contributed by atoms with van der Waals surface area (Å²) in [5.74, 6) is 2.04. The summed E-state index contributed by atoms with van der Waals surface area (Å²) in [5, 5.41) is 2.22. The SMILES string of the molecule is CC(C)(C)c1ccnc(-n2c3[c-]c(Oc4[c-]c(-n5[c-][n+](-c6ccccc6)cc5)ccc4)ccc3c3ccc(-c4ccccc4C(C)(C)C)cc32)c1.[Pt]. The molecule has 262 valence electrons. The zero-order valence-electron chi connectivity index (χ0n) is 30.2. The molecule has 52 heavy (non-hydrogen) atoms. The normalized spacial score (nSPS) is 11.9. The van der Waals surface area contributed by atoms with E-state index < -0.39 is 0 Å². The van der Waals surface area contributed by atoms with Crippen molar-refractivity contribution in [1.29, 1.82) is 0 Å². The topological polar surface area (TPSA) is 35.9 Å². The van der Waals surface area contributed by atoms with Gasteiger partial charge in [-0.05, 0) is 74.5 Å². The minimum absolute atomic E-state index is 0. The minimum atomic E-state index is -0.0381. The smallest absolute Gasteiger partial charge is 0.267 e. The number of rotatable bonds is 6. The van der Waals surface area contributed by atoms with Gasteiger partial charge in [-0.15, -0.1) is 29.7 Å². The molecule has 0 bridgehead atoms. The molecule has 0 aliphatic heterocycles. The summed E-state index contributed by atoms with van der Waals surface area (Å²) < 4.78 is 12.6. The second kappa shape index (κ2) is 13.7. The first-order valence-electron chi connectivity index (χ1n) is 17.4. The number of hydrogen-bond donors (Lipinski definition) is 0. The van der Waals surface area contributed by atoms with Gasteiger partial charge in [0.05, 0.1) is 5.69 Å². The predicted molar refractivity (Wildman–Crippen MR) is 205 cm³/mol. The van der Waals surface area contributed by atoms with Crippen molar-refractivity contribution < 1.29 is 30.4 Å². The summed E-state index contributed by atoms with van der Waals surface area (Å²) in [6.45, 7) is 13.5. The van der Waals surface area contributed by atoms with Crippen molar-refractivity contribution in [3.8, 4) is 39.8 Å². The molecule has 8 aromatic rings. The molecule has 0 unspecified atom stereocenters. The third-order valence-corrected chi connectivity index (χ3v) is 9.38. The number of imidazole rings is 1. The van der Waals surface area contributed by atoms with Crippen LogP contribution in [0.25, 0.3) is 50.1 Å². The zero-order valence-corrected chi connectivity index (χ0v) is 32.5. The quantitative estimate of drug-likeness (QED) is 0.123. The molecule has 6 heteroatoms. The Kier molecular flexibility index (Phi) is 9.27. The van der Waals surface area contributed by atoms with E-state index in [4.69, 9.17) is 9.72 Å². The number of nitrogens with zero attached hydrogens (tertiary/aromatic N) is 4. The molecule has 0 amide bonds. The fourth-order valence-electron chi connectivity index (χ4n) is 6.72. The molecule has 3 heterocycles.